The van der Waals surface area contributed by atoms with E-state index in [1.807, 2.05) is 59.2 Å². The minimum Gasteiger partial charge on any atom is -0.493 e. The summed E-state index contributed by atoms with van der Waals surface area (Å²) in [6.07, 6.45) is 1.54. The third-order valence-corrected chi connectivity index (χ3v) is 5.60. The SMILES string of the molecule is CC(C)(C)c1n[nH]c2c(O)n(-c3ccc(-c4ccon4)cc3)c(-c3ccc(Cl)cc3)c12. The van der Waals surface area contributed by atoms with Gasteiger partial charge in [-0.25, -0.2) is 0 Å². The zero-order valence-corrected chi connectivity index (χ0v) is 18.1. The van der Waals surface area contributed by atoms with E-state index in [0.29, 0.717) is 10.5 Å². The van der Waals surface area contributed by atoms with E-state index in [4.69, 9.17) is 16.1 Å². The molecule has 5 aromatic rings. The maximum absolute atomic E-state index is 11.2. The summed E-state index contributed by atoms with van der Waals surface area (Å²) in [7, 11) is 0. The number of hydrogen-bond donors (Lipinski definition) is 2. The van der Waals surface area contributed by atoms with Gasteiger partial charge in [-0.3, -0.25) is 9.67 Å². The van der Waals surface area contributed by atoms with Crippen LogP contribution in [0.3, 0.4) is 0 Å². The lowest BCUT2D eigenvalue weighted by atomic mass is 9.89. The van der Waals surface area contributed by atoms with Crippen LogP contribution in [0.1, 0.15) is 26.5 Å². The predicted octanol–water partition coefficient (Wildman–Crippen LogP) is 6.33. The normalized spacial score (nSPS) is 12.0. The van der Waals surface area contributed by atoms with Gasteiger partial charge in [0, 0.05) is 27.8 Å². The fourth-order valence-corrected chi connectivity index (χ4v) is 4.01. The summed E-state index contributed by atoms with van der Waals surface area (Å²) in [5.41, 5.74) is 5.58. The molecule has 3 aromatic heterocycles. The van der Waals surface area contributed by atoms with Crippen LogP contribution in [0.15, 0.2) is 65.4 Å². The number of benzene rings is 2. The van der Waals surface area contributed by atoms with Crippen molar-refractivity contribution in [2.45, 2.75) is 26.2 Å². The molecule has 156 valence electrons. The number of aromatic amines is 1. The molecule has 0 unspecified atom stereocenters. The maximum Gasteiger partial charge on any atom is 0.222 e. The van der Waals surface area contributed by atoms with Crippen LogP contribution in [-0.4, -0.2) is 25.0 Å². The van der Waals surface area contributed by atoms with E-state index in [0.717, 1.165) is 39.3 Å². The molecule has 0 aliphatic carbocycles. The third-order valence-electron chi connectivity index (χ3n) is 5.35. The van der Waals surface area contributed by atoms with Gasteiger partial charge in [0.15, 0.2) is 0 Å². The summed E-state index contributed by atoms with van der Waals surface area (Å²) in [5.74, 6) is 0.108. The minimum absolute atomic E-state index is 0.108. The molecule has 0 bridgehead atoms. The Morgan fingerprint density at radius 1 is 0.968 bits per heavy atom. The zero-order chi connectivity index (χ0) is 21.8. The van der Waals surface area contributed by atoms with Gasteiger partial charge < -0.3 is 9.63 Å². The molecule has 0 atom stereocenters. The van der Waals surface area contributed by atoms with Gasteiger partial charge >= 0.3 is 0 Å². The van der Waals surface area contributed by atoms with E-state index in [2.05, 4.69) is 36.1 Å². The number of nitrogens with one attached hydrogen (secondary N) is 1. The van der Waals surface area contributed by atoms with Crippen LogP contribution >= 0.6 is 11.6 Å². The second kappa shape index (κ2) is 7.03. The highest BCUT2D eigenvalue weighted by molar-refractivity contribution is 6.30. The standard InChI is InChI=1S/C24H21ClN4O2/c1-24(2,3)22-19-20(26-27-22)23(30)29(21(19)15-4-8-16(25)9-5-15)17-10-6-14(7-11-17)18-12-13-31-28-18/h4-13,26,30H,1-3H3. The first kappa shape index (κ1) is 19.5. The predicted molar refractivity (Wildman–Crippen MR) is 122 cm³/mol. The lowest BCUT2D eigenvalue weighted by Crippen LogP contribution is -2.12. The molecule has 6 nitrogen and oxygen atoms in total. The Morgan fingerprint density at radius 2 is 1.65 bits per heavy atom. The molecule has 0 aliphatic heterocycles. The van der Waals surface area contributed by atoms with Gasteiger partial charge in [-0.2, -0.15) is 5.10 Å². The fourth-order valence-electron chi connectivity index (χ4n) is 3.88. The molecule has 0 radical (unpaired) electrons. The molecular weight excluding hydrogens is 412 g/mol. The van der Waals surface area contributed by atoms with Crippen LogP contribution < -0.4 is 0 Å². The number of H-pyrrole nitrogens is 1. The summed E-state index contributed by atoms with van der Waals surface area (Å²) in [6.45, 7) is 6.32. The monoisotopic (exact) mass is 432 g/mol. The van der Waals surface area contributed by atoms with Crippen molar-refractivity contribution in [3.8, 4) is 34.1 Å². The van der Waals surface area contributed by atoms with Gasteiger partial charge in [0.25, 0.3) is 0 Å². The molecule has 2 N–H and O–H groups in total. The van der Waals surface area contributed by atoms with Crippen LogP contribution in [-0.2, 0) is 5.41 Å². The second-order valence-corrected chi connectivity index (χ2v) is 8.95. The molecule has 0 fully saturated rings. The van der Waals surface area contributed by atoms with Crippen molar-refractivity contribution in [2.75, 3.05) is 0 Å². The first-order valence-corrected chi connectivity index (χ1v) is 10.3. The van der Waals surface area contributed by atoms with Crippen molar-refractivity contribution in [3.63, 3.8) is 0 Å². The van der Waals surface area contributed by atoms with Crippen molar-refractivity contribution in [2.24, 2.45) is 0 Å². The van der Waals surface area contributed by atoms with Crippen molar-refractivity contribution in [3.05, 3.63) is 71.6 Å². The molecule has 0 aliphatic rings. The Morgan fingerprint density at radius 3 is 2.26 bits per heavy atom. The van der Waals surface area contributed by atoms with Gasteiger partial charge in [-0.05, 0) is 29.8 Å². The highest BCUT2D eigenvalue weighted by atomic mass is 35.5. The van der Waals surface area contributed by atoms with E-state index >= 15 is 0 Å². The first-order chi connectivity index (χ1) is 14.8. The Hall–Kier alpha value is -3.51. The fraction of sp³-hybridized carbons (Fsp3) is 0.167. The molecule has 0 spiro atoms. The maximum atomic E-state index is 11.2. The molecule has 31 heavy (non-hydrogen) atoms. The van der Waals surface area contributed by atoms with Crippen LogP contribution in [0, 0.1) is 0 Å². The van der Waals surface area contributed by atoms with E-state index in [-0.39, 0.29) is 11.3 Å². The Labute approximate surface area is 184 Å². The lowest BCUT2D eigenvalue weighted by molar-refractivity contribution is 0.422. The van der Waals surface area contributed by atoms with E-state index < -0.39 is 0 Å². The van der Waals surface area contributed by atoms with Gasteiger partial charge in [0.2, 0.25) is 5.88 Å². The molecular formula is C24H21ClN4O2. The van der Waals surface area contributed by atoms with Crippen molar-refractivity contribution in [1.82, 2.24) is 19.9 Å². The van der Waals surface area contributed by atoms with Gasteiger partial charge in [0.05, 0.1) is 16.8 Å². The number of rotatable bonds is 3. The average Bonchev–Trinajstić information content (AvgIpc) is 3.46. The van der Waals surface area contributed by atoms with E-state index in [1.54, 1.807) is 6.26 Å². The summed E-state index contributed by atoms with van der Waals surface area (Å²) in [4.78, 5) is 0. The lowest BCUT2D eigenvalue weighted by Gasteiger charge is -2.17. The van der Waals surface area contributed by atoms with Crippen LogP contribution in [0.4, 0.5) is 0 Å². The highest BCUT2D eigenvalue weighted by Gasteiger charge is 2.29. The van der Waals surface area contributed by atoms with Crippen LogP contribution in [0.2, 0.25) is 5.02 Å². The largest absolute Gasteiger partial charge is 0.493 e. The summed E-state index contributed by atoms with van der Waals surface area (Å²) >= 11 is 6.14. The summed E-state index contributed by atoms with van der Waals surface area (Å²) < 4.78 is 6.79. The molecule has 7 heteroatoms. The Bertz CT molecular complexity index is 1360. The molecule has 0 saturated carbocycles. The number of aromatic hydroxyl groups is 1. The molecule has 2 aromatic carbocycles. The summed E-state index contributed by atoms with van der Waals surface area (Å²) in [6, 6.07) is 17.2. The Kier molecular flexibility index (Phi) is 4.41. The van der Waals surface area contributed by atoms with Gasteiger partial charge in [0.1, 0.15) is 17.5 Å². The molecule has 3 heterocycles. The smallest absolute Gasteiger partial charge is 0.222 e. The number of halogens is 1. The Balaban J connectivity index is 1.78. The second-order valence-electron chi connectivity index (χ2n) is 8.52. The van der Waals surface area contributed by atoms with Crippen molar-refractivity contribution < 1.29 is 9.63 Å². The molecule has 5 rings (SSSR count). The number of nitrogens with zero attached hydrogens (tertiary/aromatic N) is 3. The molecule has 0 amide bonds. The zero-order valence-electron chi connectivity index (χ0n) is 17.3. The van der Waals surface area contributed by atoms with Crippen molar-refractivity contribution in [1.29, 1.82) is 0 Å². The number of hydrogen-bond acceptors (Lipinski definition) is 4. The molecule has 0 saturated heterocycles. The van der Waals surface area contributed by atoms with E-state index in [1.165, 1.54) is 0 Å². The quantitative estimate of drug-likeness (QED) is 0.349. The summed E-state index contributed by atoms with van der Waals surface area (Å²) in [5, 5.41) is 24.3. The number of fused-ring (bicyclic) bond motifs is 1. The van der Waals surface area contributed by atoms with Gasteiger partial charge in [-0.15, -0.1) is 0 Å². The van der Waals surface area contributed by atoms with Crippen LogP contribution in [0.25, 0.3) is 39.1 Å². The van der Waals surface area contributed by atoms with Crippen LogP contribution in [0.5, 0.6) is 5.88 Å². The minimum atomic E-state index is -0.213. The average molecular weight is 433 g/mol. The van der Waals surface area contributed by atoms with E-state index in [9.17, 15) is 5.11 Å². The highest BCUT2D eigenvalue weighted by Crippen LogP contribution is 2.44. The number of aromatic nitrogens is 4. The third kappa shape index (κ3) is 3.20. The van der Waals surface area contributed by atoms with Gasteiger partial charge in [-0.1, -0.05) is 61.8 Å². The van der Waals surface area contributed by atoms with Crippen molar-refractivity contribution >= 4 is 22.5 Å². The first-order valence-electron chi connectivity index (χ1n) is 9.94. The topological polar surface area (TPSA) is 79.9 Å².